The summed E-state index contributed by atoms with van der Waals surface area (Å²) in [5, 5.41) is 8.80. The molecule has 0 unspecified atom stereocenters. The van der Waals surface area contributed by atoms with Crippen LogP contribution >= 0.6 is 0 Å². The molecule has 88 valence electrons. The standard InChI is InChI=1S/C12H23NO2/c1-2-8-13(10-12(14)15)9-11-6-4-3-5-7-11/h11H,2-10H2,1H3,(H,14,15). The van der Waals surface area contributed by atoms with Crippen molar-refractivity contribution < 1.29 is 9.90 Å². The minimum atomic E-state index is -0.695. The van der Waals surface area contributed by atoms with Crippen molar-refractivity contribution in [1.29, 1.82) is 0 Å². The quantitative estimate of drug-likeness (QED) is 0.736. The summed E-state index contributed by atoms with van der Waals surface area (Å²) in [5.74, 6) is 0.0453. The third kappa shape index (κ3) is 5.17. The van der Waals surface area contributed by atoms with E-state index in [9.17, 15) is 4.79 Å². The van der Waals surface area contributed by atoms with Crippen LogP contribution in [0.3, 0.4) is 0 Å². The maximum absolute atomic E-state index is 10.7. The summed E-state index contributed by atoms with van der Waals surface area (Å²) in [4.78, 5) is 12.8. The molecule has 0 saturated heterocycles. The van der Waals surface area contributed by atoms with E-state index < -0.39 is 5.97 Å². The van der Waals surface area contributed by atoms with Gasteiger partial charge in [-0.05, 0) is 31.7 Å². The average molecular weight is 213 g/mol. The van der Waals surface area contributed by atoms with Crippen LogP contribution in [0.5, 0.6) is 0 Å². The molecule has 1 saturated carbocycles. The molecular formula is C12H23NO2. The Balaban J connectivity index is 2.31. The summed E-state index contributed by atoms with van der Waals surface area (Å²) in [6.07, 6.45) is 7.65. The zero-order valence-corrected chi connectivity index (χ0v) is 9.74. The number of nitrogens with zero attached hydrogens (tertiary/aromatic N) is 1. The molecule has 0 bridgehead atoms. The minimum absolute atomic E-state index is 0.213. The van der Waals surface area contributed by atoms with E-state index in [1.165, 1.54) is 32.1 Å². The molecule has 3 nitrogen and oxygen atoms in total. The van der Waals surface area contributed by atoms with Crippen LogP contribution in [0.15, 0.2) is 0 Å². The van der Waals surface area contributed by atoms with E-state index in [1.807, 2.05) is 0 Å². The van der Waals surface area contributed by atoms with Gasteiger partial charge in [0.25, 0.3) is 0 Å². The van der Waals surface area contributed by atoms with Crippen LogP contribution in [0.2, 0.25) is 0 Å². The van der Waals surface area contributed by atoms with Crippen molar-refractivity contribution in [3.05, 3.63) is 0 Å². The summed E-state index contributed by atoms with van der Waals surface area (Å²) in [6.45, 7) is 4.23. The van der Waals surface area contributed by atoms with Gasteiger partial charge in [0.15, 0.2) is 0 Å². The van der Waals surface area contributed by atoms with Gasteiger partial charge in [0.05, 0.1) is 6.54 Å². The normalized spacial score (nSPS) is 18.3. The Labute approximate surface area is 92.5 Å². The van der Waals surface area contributed by atoms with E-state index in [1.54, 1.807) is 0 Å². The van der Waals surface area contributed by atoms with Crippen molar-refractivity contribution in [1.82, 2.24) is 4.90 Å². The lowest BCUT2D eigenvalue weighted by Gasteiger charge is -2.28. The number of rotatable bonds is 6. The van der Waals surface area contributed by atoms with E-state index >= 15 is 0 Å². The second-order valence-electron chi connectivity index (χ2n) is 4.63. The van der Waals surface area contributed by atoms with Crippen LogP contribution in [-0.4, -0.2) is 35.6 Å². The molecule has 1 aliphatic rings. The van der Waals surface area contributed by atoms with Crippen LogP contribution in [0.25, 0.3) is 0 Å². The lowest BCUT2D eigenvalue weighted by Crippen LogP contribution is -2.35. The fourth-order valence-corrected chi connectivity index (χ4v) is 2.48. The summed E-state index contributed by atoms with van der Waals surface area (Å²) in [6, 6.07) is 0. The summed E-state index contributed by atoms with van der Waals surface area (Å²) < 4.78 is 0. The number of hydrogen-bond donors (Lipinski definition) is 1. The highest BCUT2D eigenvalue weighted by Gasteiger charge is 2.18. The maximum atomic E-state index is 10.7. The average Bonchev–Trinajstić information content (AvgIpc) is 2.18. The van der Waals surface area contributed by atoms with E-state index in [-0.39, 0.29) is 6.54 Å². The van der Waals surface area contributed by atoms with Crippen molar-refractivity contribution in [2.45, 2.75) is 45.4 Å². The molecule has 0 aromatic rings. The highest BCUT2D eigenvalue weighted by atomic mass is 16.4. The van der Waals surface area contributed by atoms with Crippen LogP contribution in [0.4, 0.5) is 0 Å². The number of carbonyl (C=O) groups is 1. The summed E-state index contributed by atoms with van der Waals surface area (Å²) >= 11 is 0. The molecule has 0 radical (unpaired) electrons. The molecular weight excluding hydrogens is 190 g/mol. The van der Waals surface area contributed by atoms with Gasteiger partial charge >= 0.3 is 5.97 Å². The molecule has 0 aromatic heterocycles. The van der Waals surface area contributed by atoms with Crippen molar-refractivity contribution in [3.8, 4) is 0 Å². The first-order valence-corrected chi connectivity index (χ1v) is 6.16. The van der Waals surface area contributed by atoms with Crippen LogP contribution in [0, 0.1) is 5.92 Å². The molecule has 1 N–H and O–H groups in total. The molecule has 0 amide bonds. The maximum Gasteiger partial charge on any atom is 0.317 e. The Kier molecular flexibility index (Phi) is 5.69. The molecule has 3 heteroatoms. The van der Waals surface area contributed by atoms with Gasteiger partial charge in [0, 0.05) is 6.54 Å². The molecule has 0 spiro atoms. The van der Waals surface area contributed by atoms with Crippen molar-refractivity contribution in [2.75, 3.05) is 19.6 Å². The zero-order chi connectivity index (χ0) is 11.1. The second-order valence-corrected chi connectivity index (χ2v) is 4.63. The molecule has 15 heavy (non-hydrogen) atoms. The first kappa shape index (κ1) is 12.5. The molecule has 0 aromatic carbocycles. The summed E-state index contributed by atoms with van der Waals surface area (Å²) in [5.41, 5.74) is 0. The number of carboxylic acids is 1. The Morgan fingerprint density at radius 2 is 2.00 bits per heavy atom. The first-order chi connectivity index (χ1) is 7.22. The monoisotopic (exact) mass is 213 g/mol. The van der Waals surface area contributed by atoms with Gasteiger partial charge in [0.2, 0.25) is 0 Å². The Hall–Kier alpha value is -0.570. The predicted octanol–water partition coefficient (Wildman–Crippen LogP) is 2.36. The Bertz CT molecular complexity index is 188. The molecule has 1 aliphatic carbocycles. The smallest absolute Gasteiger partial charge is 0.317 e. The van der Waals surface area contributed by atoms with E-state index in [0.717, 1.165) is 25.4 Å². The Morgan fingerprint density at radius 3 is 2.53 bits per heavy atom. The zero-order valence-electron chi connectivity index (χ0n) is 9.74. The SMILES string of the molecule is CCCN(CC(=O)O)CC1CCCCC1. The van der Waals surface area contributed by atoms with Crippen molar-refractivity contribution in [3.63, 3.8) is 0 Å². The highest BCUT2D eigenvalue weighted by molar-refractivity contribution is 5.69. The Morgan fingerprint density at radius 1 is 1.33 bits per heavy atom. The lowest BCUT2D eigenvalue weighted by molar-refractivity contribution is -0.138. The van der Waals surface area contributed by atoms with Gasteiger partial charge < -0.3 is 5.11 Å². The predicted molar refractivity (Wildman–Crippen MR) is 60.9 cm³/mol. The molecule has 0 atom stereocenters. The summed E-state index contributed by atoms with van der Waals surface area (Å²) in [7, 11) is 0. The largest absolute Gasteiger partial charge is 0.480 e. The van der Waals surface area contributed by atoms with E-state index in [2.05, 4.69) is 11.8 Å². The van der Waals surface area contributed by atoms with Crippen LogP contribution in [0.1, 0.15) is 45.4 Å². The van der Waals surface area contributed by atoms with Crippen molar-refractivity contribution >= 4 is 5.97 Å². The lowest BCUT2D eigenvalue weighted by atomic mass is 9.89. The minimum Gasteiger partial charge on any atom is -0.480 e. The second kappa shape index (κ2) is 6.83. The van der Waals surface area contributed by atoms with Crippen LogP contribution < -0.4 is 0 Å². The number of aliphatic carboxylic acids is 1. The van der Waals surface area contributed by atoms with E-state index in [4.69, 9.17) is 5.11 Å². The third-order valence-electron chi connectivity index (χ3n) is 3.14. The fourth-order valence-electron chi connectivity index (χ4n) is 2.48. The van der Waals surface area contributed by atoms with Crippen LogP contribution in [-0.2, 0) is 4.79 Å². The third-order valence-corrected chi connectivity index (χ3v) is 3.14. The van der Waals surface area contributed by atoms with Gasteiger partial charge in [-0.25, -0.2) is 0 Å². The van der Waals surface area contributed by atoms with Gasteiger partial charge in [0.1, 0.15) is 0 Å². The number of hydrogen-bond acceptors (Lipinski definition) is 2. The van der Waals surface area contributed by atoms with Gasteiger partial charge in [-0.1, -0.05) is 26.2 Å². The van der Waals surface area contributed by atoms with Gasteiger partial charge in [-0.3, -0.25) is 9.69 Å². The van der Waals surface area contributed by atoms with E-state index in [0.29, 0.717) is 0 Å². The first-order valence-electron chi connectivity index (χ1n) is 6.16. The molecule has 1 rings (SSSR count). The number of carboxylic acid groups (broad SMARTS) is 1. The molecule has 1 fully saturated rings. The molecule has 0 heterocycles. The fraction of sp³-hybridized carbons (Fsp3) is 0.917. The molecule has 0 aliphatic heterocycles. The topological polar surface area (TPSA) is 40.5 Å². The van der Waals surface area contributed by atoms with Crippen molar-refractivity contribution in [2.24, 2.45) is 5.92 Å². The highest BCUT2D eigenvalue weighted by Crippen LogP contribution is 2.24. The van der Waals surface area contributed by atoms with Gasteiger partial charge in [-0.15, -0.1) is 0 Å². The van der Waals surface area contributed by atoms with Gasteiger partial charge in [-0.2, -0.15) is 0 Å².